The molecule has 4 N–H and O–H groups in total. The number of hydrazone groups is 1. The fourth-order valence-corrected chi connectivity index (χ4v) is 4.42. The zero-order valence-corrected chi connectivity index (χ0v) is 22.9. The van der Waals surface area contributed by atoms with Gasteiger partial charge in [0.15, 0.2) is 15.7 Å². The van der Waals surface area contributed by atoms with Crippen molar-refractivity contribution in [2.75, 3.05) is 28.9 Å². The molecule has 0 aliphatic rings. The number of aromatic nitrogens is 2. The van der Waals surface area contributed by atoms with Gasteiger partial charge in [-0.05, 0) is 49.2 Å². The van der Waals surface area contributed by atoms with Crippen LogP contribution in [0.25, 0.3) is 0 Å². The molecule has 0 saturated heterocycles. The van der Waals surface area contributed by atoms with Gasteiger partial charge in [-0.1, -0.05) is 60.7 Å². The van der Waals surface area contributed by atoms with E-state index in [0.29, 0.717) is 36.3 Å². The zero-order valence-electron chi connectivity index (χ0n) is 22.1. The van der Waals surface area contributed by atoms with Crippen LogP contribution in [0.5, 0.6) is 0 Å². The van der Waals surface area contributed by atoms with Crippen LogP contribution >= 0.6 is 0 Å². The molecule has 0 radical (unpaired) electrons. The van der Waals surface area contributed by atoms with Crippen LogP contribution in [0.15, 0.2) is 94.9 Å². The number of anilines is 4. The Labute approximate surface area is 229 Å². The van der Waals surface area contributed by atoms with E-state index in [1.165, 1.54) is 6.26 Å². The van der Waals surface area contributed by atoms with E-state index in [9.17, 15) is 13.5 Å². The molecule has 1 heterocycles. The minimum atomic E-state index is -3.29. The van der Waals surface area contributed by atoms with Gasteiger partial charge in [-0.2, -0.15) is 15.1 Å². The van der Waals surface area contributed by atoms with E-state index in [-0.39, 0.29) is 4.90 Å². The van der Waals surface area contributed by atoms with Crippen LogP contribution < -0.4 is 16.1 Å². The molecule has 1 aromatic heterocycles. The maximum atomic E-state index is 11.8. The third kappa shape index (κ3) is 7.86. The lowest BCUT2D eigenvalue weighted by Crippen LogP contribution is -2.19. The molecule has 0 amide bonds. The summed E-state index contributed by atoms with van der Waals surface area (Å²) in [5.41, 5.74) is 7.19. The van der Waals surface area contributed by atoms with Gasteiger partial charge in [-0.25, -0.2) is 8.42 Å². The van der Waals surface area contributed by atoms with E-state index >= 15 is 0 Å². The van der Waals surface area contributed by atoms with Crippen molar-refractivity contribution in [3.8, 4) is 0 Å². The third-order valence-electron chi connectivity index (χ3n) is 5.86. The summed E-state index contributed by atoms with van der Waals surface area (Å²) in [6, 6.07) is 26.1. The monoisotopic (exact) mass is 544 g/mol. The van der Waals surface area contributed by atoms with E-state index in [1.807, 2.05) is 67.6 Å². The van der Waals surface area contributed by atoms with E-state index in [2.05, 4.69) is 21.2 Å². The molecule has 0 bridgehead atoms. The van der Waals surface area contributed by atoms with Crippen LogP contribution in [0.3, 0.4) is 0 Å². The second-order valence-electron chi connectivity index (χ2n) is 9.21. The first kappa shape index (κ1) is 27.7. The Morgan fingerprint density at radius 2 is 1.54 bits per heavy atom. The number of hydrogen-bond donors (Lipinski definition) is 4. The maximum absolute atomic E-state index is 11.8. The van der Waals surface area contributed by atoms with E-state index in [0.717, 1.165) is 22.4 Å². The van der Waals surface area contributed by atoms with Crippen LogP contribution in [-0.2, 0) is 16.3 Å². The Kier molecular flexibility index (Phi) is 8.90. The number of nitrogens with one attached hydrogen (secondary N) is 3. The SMILES string of the molecule is CC(=NNc1nc(Nc2ccccc2)nc(NCC(C)O)c1Cc1ccccc1)c1ccc(S(C)(=O)=O)cc1. The molecule has 10 heteroatoms. The number of nitrogens with zero attached hydrogens (tertiary/aromatic N) is 3. The summed E-state index contributed by atoms with van der Waals surface area (Å²) in [6.45, 7) is 3.84. The van der Waals surface area contributed by atoms with Crippen LogP contribution in [-0.4, -0.2) is 48.1 Å². The van der Waals surface area contributed by atoms with Crippen LogP contribution in [0.1, 0.15) is 30.5 Å². The summed E-state index contributed by atoms with van der Waals surface area (Å²) in [5.74, 6) is 1.42. The molecule has 9 nitrogen and oxygen atoms in total. The molecular formula is C29H32N6O3S. The summed E-state index contributed by atoms with van der Waals surface area (Å²) in [4.78, 5) is 9.72. The highest BCUT2D eigenvalue weighted by Gasteiger charge is 2.17. The fourth-order valence-electron chi connectivity index (χ4n) is 3.79. The average molecular weight is 545 g/mol. The molecule has 0 spiro atoms. The van der Waals surface area contributed by atoms with Crippen LogP contribution in [0, 0.1) is 0 Å². The van der Waals surface area contributed by atoms with Crippen molar-refractivity contribution >= 4 is 38.8 Å². The molecule has 0 fully saturated rings. The number of sulfone groups is 1. The highest BCUT2D eigenvalue weighted by Crippen LogP contribution is 2.28. The number of hydrogen-bond acceptors (Lipinski definition) is 9. The molecule has 1 unspecified atom stereocenters. The molecule has 3 aromatic carbocycles. The standard InChI is InChI=1S/C29H32N6O3S/c1-20(36)19-30-27-26(18-22-10-6-4-7-11-22)28(33-29(32-27)31-24-12-8-5-9-13-24)35-34-21(2)23-14-16-25(17-15-23)39(3,37)38/h4-17,20,36H,18-19H2,1-3H3,(H3,30,31,32,33,35). The Morgan fingerprint density at radius 1 is 0.923 bits per heavy atom. The van der Waals surface area contributed by atoms with Gasteiger partial charge in [0.2, 0.25) is 5.95 Å². The van der Waals surface area contributed by atoms with Gasteiger partial charge in [-0.3, -0.25) is 5.43 Å². The lowest BCUT2D eigenvalue weighted by Gasteiger charge is -2.18. The number of rotatable bonds is 11. The fraction of sp³-hybridized carbons (Fsp3) is 0.207. The Bertz CT molecular complexity index is 1530. The predicted octanol–water partition coefficient (Wildman–Crippen LogP) is 4.84. The Hall–Kier alpha value is -4.28. The van der Waals surface area contributed by atoms with Gasteiger partial charge in [0.05, 0.1) is 16.7 Å². The summed E-state index contributed by atoms with van der Waals surface area (Å²) >= 11 is 0. The maximum Gasteiger partial charge on any atom is 0.231 e. The first-order valence-electron chi connectivity index (χ1n) is 12.5. The Morgan fingerprint density at radius 3 is 2.15 bits per heavy atom. The predicted molar refractivity (Wildman–Crippen MR) is 157 cm³/mol. The molecule has 202 valence electrons. The average Bonchev–Trinajstić information content (AvgIpc) is 2.92. The second kappa shape index (κ2) is 12.5. The van der Waals surface area contributed by atoms with Gasteiger partial charge in [0, 0.05) is 30.5 Å². The molecule has 4 rings (SSSR count). The van der Waals surface area contributed by atoms with E-state index < -0.39 is 15.9 Å². The topological polar surface area (TPSA) is 129 Å². The number of benzene rings is 3. The highest BCUT2D eigenvalue weighted by atomic mass is 32.2. The number of para-hydroxylation sites is 1. The minimum absolute atomic E-state index is 0.249. The largest absolute Gasteiger partial charge is 0.392 e. The van der Waals surface area contributed by atoms with Crippen molar-refractivity contribution in [3.63, 3.8) is 0 Å². The van der Waals surface area contributed by atoms with Crippen molar-refractivity contribution in [3.05, 3.63) is 102 Å². The first-order valence-corrected chi connectivity index (χ1v) is 14.4. The number of aliphatic hydroxyl groups excluding tert-OH is 1. The second-order valence-corrected chi connectivity index (χ2v) is 11.2. The van der Waals surface area contributed by atoms with Gasteiger partial charge < -0.3 is 15.7 Å². The van der Waals surface area contributed by atoms with E-state index in [1.54, 1.807) is 31.2 Å². The first-order chi connectivity index (χ1) is 18.7. The quantitative estimate of drug-likeness (QED) is 0.156. The summed E-state index contributed by atoms with van der Waals surface area (Å²) in [5, 5.41) is 21.0. The van der Waals surface area contributed by atoms with Crippen molar-refractivity contribution in [2.45, 2.75) is 31.3 Å². The molecular weight excluding hydrogens is 512 g/mol. The lowest BCUT2D eigenvalue weighted by molar-refractivity contribution is 0.208. The van der Waals surface area contributed by atoms with Crippen LogP contribution in [0.4, 0.5) is 23.3 Å². The Balaban J connectivity index is 1.73. The molecule has 1 atom stereocenters. The smallest absolute Gasteiger partial charge is 0.231 e. The molecule has 39 heavy (non-hydrogen) atoms. The van der Waals surface area contributed by atoms with E-state index in [4.69, 9.17) is 9.97 Å². The summed E-state index contributed by atoms with van der Waals surface area (Å²) < 4.78 is 23.6. The molecule has 0 aliphatic heterocycles. The number of aliphatic hydroxyl groups is 1. The summed E-state index contributed by atoms with van der Waals surface area (Å²) in [6.07, 6.45) is 1.12. The lowest BCUT2D eigenvalue weighted by atomic mass is 10.1. The van der Waals surface area contributed by atoms with Crippen molar-refractivity contribution in [1.29, 1.82) is 0 Å². The van der Waals surface area contributed by atoms with Gasteiger partial charge in [0.25, 0.3) is 0 Å². The van der Waals surface area contributed by atoms with Gasteiger partial charge >= 0.3 is 0 Å². The van der Waals surface area contributed by atoms with Crippen LogP contribution in [0.2, 0.25) is 0 Å². The van der Waals surface area contributed by atoms with Crippen molar-refractivity contribution < 1.29 is 13.5 Å². The van der Waals surface area contributed by atoms with Crippen molar-refractivity contribution in [1.82, 2.24) is 9.97 Å². The summed E-state index contributed by atoms with van der Waals surface area (Å²) in [7, 11) is -3.29. The molecule has 4 aromatic rings. The zero-order chi connectivity index (χ0) is 27.8. The highest BCUT2D eigenvalue weighted by molar-refractivity contribution is 7.90. The molecule has 0 saturated carbocycles. The van der Waals surface area contributed by atoms with Crippen molar-refractivity contribution in [2.24, 2.45) is 5.10 Å². The van der Waals surface area contributed by atoms with Gasteiger partial charge in [0.1, 0.15) is 5.82 Å². The van der Waals surface area contributed by atoms with Gasteiger partial charge in [-0.15, -0.1) is 0 Å². The normalized spacial score (nSPS) is 12.6. The minimum Gasteiger partial charge on any atom is -0.392 e. The molecule has 0 aliphatic carbocycles. The third-order valence-corrected chi connectivity index (χ3v) is 6.98.